The van der Waals surface area contributed by atoms with Gasteiger partial charge in [-0.15, -0.1) is 0 Å². The first-order valence-corrected chi connectivity index (χ1v) is 30.8. The van der Waals surface area contributed by atoms with Gasteiger partial charge in [-0.05, 0) is 25.7 Å². The highest BCUT2D eigenvalue weighted by Crippen LogP contribution is 2.18. The van der Waals surface area contributed by atoms with E-state index in [0.29, 0.717) is 25.9 Å². The highest BCUT2D eigenvalue weighted by molar-refractivity contribution is 5.76. The number of aliphatic hydroxyl groups is 2. The molecule has 3 N–H and O–H groups in total. The molecule has 6 heteroatoms. The molecule has 0 saturated carbocycles. The minimum Gasteiger partial charge on any atom is -0.466 e. The van der Waals surface area contributed by atoms with Crippen LogP contribution in [0.4, 0.5) is 0 Å². The van der Waals surface area contributed by atoms with Crippen LogP contribution >= 0.6 is 0 Å². The Morgan fingerprint density at radius 3 is 0.910 bits per heavy atom. The first kappa shape index (κ1) is 65.9. The lowest BCUT2D eigenvalue weighted by atomic mass is 10.0. The van der Waals surface area contributed by atoms with Crippen LogP contribution in [0.3, 0.4) is 0 Å². The number of carbonyl (C=O) groups is 2. The molecule has 0 saturated heterocycles. The number of amides is 1. The largest absolute Gasteiger partial charge is 0.466 e. The van der Waals surface area contributed by atoms with Crippen molar-refractivity contribution in [2.24, 2.45) is 0 Å². The third kappa shape index (κ3) is 54.0. The minimum atomic E-state index is -0.676. The van der Waals surface area contributed by atoms with Gasteiger partial charge in [0.2, 0.25) is 5.91 Å². The molecular weight excluding hydrogens is 827 g/mol. The zero-order valence-electron chi connectivity index (χ0n) is 45.7. The van der Waals surface area contributed by atoms with Gasteiger partial charge in [0.25, 0.3) is 0 Å². The lowest BCUT2D eigenvalue weighted by molar-refractivity contribution is -0.143. The monoisotopic (exact) mass is 948 g/mol. The summed E-state index contributed by atoms with van der Waals surface area (Å²) in [5.41, 5.74) is 0. The summed E-state index contributed by atoms with van der Waals surface area (Å²) >= 11 is 0. The summed E-state index contributed by atoms with van der Waals surface area (Å²) < 4.78 is 5.49. The maximum atomic E-state index is 12.5. The van der Waals surface area contributed by atoms with E-state index in [0.717, 1.165) is 57.8 Å². The topological polar surface area (TPSA) is 95.9 Å². The second kappa shape index (κ2) is 57.4. The van der Waals surface area contributed by atoms with E-state index in [1.165, 1.54) is 263 Å². The molecule has 0 spiro atoms. The molecule has 2 atom stereocenters. The second-order valence-corrected chi connectivity index (χ2v) is 21.4. The first-order valence-electron chi connectivity index (χ1n) is 30.8. The van der Waals surface area contributed by atoms with Crippen molar-refractivity contribution >= 4 is 11.9 Å². The quantitative estimate of drug-likeness (QED) is 0.0417. The van der Waals surface area contributed by atoms with Crippen LogP contribution in [0.1, 0.15) is 354 Å². The lowest BCUT2D eigenvalue weighted by Crippen LogP contribution is -2.45. The highest BCUT2D eigenvalue weighted by atomic mass is 16.5. The van der Waals surface area contributed by atoms with Crippen LogP contribution in [0.25, 0.3) is 0 Å². The third-order valence-electron chi connectivity index (χ3n) is 14.7. The van der Waals surface area contributed by atoms with Crippen LogP contribution in [-0.2, 0) is 14.3 Å². The average Bonchev–Trinajstić information content (AvgIpc) is 3.33. The Morgan fingerprint density at radius 2 is 0.612 bits per heavy atom. The Kier molecular flexibility index (Phi) is 56.5. The van der Waals surface area contributed by atoms with Crippen LogP contribution < -0.4 is 5.32 Å². The summed E-state index contributed by atoms with van der Waals surface area (Å²) in [6, 6.07) is -0.555. The fourth-order valence-electron chi connectivity index (χ4n) is 9.94. The van der Waals surface area contributed by atoms with Crippen LogP contribution in [0.2, 0.25) is 0 Å². The fourth-order valence-corrected chi connectivity index (χ4v) is 9.94. The molecule has 0 radical (unpaired) electrons. The fraction of sp³-hybridized carbons (Fsp3) is 0.967. The van der Waals surface area contributed by atoms with Crippen LogP contribution in [0.15, 0.2) is 0 Å². The van der Waals surface area contributed by atoms with Crippen LogP contribution in [0, 0.1) is 0 Å². The molecule has 0 aliphatic carbocycles. The molecule has 0 aromatic carbocycles. The van der Waals surface area contributed by atoms with E-state index in [1.54, 1.807) is 0 Å². The normalized spacial score (nSPS) is 12.5. The maximum Gasteiger partial charge on any atom is 0.305 e. The molecule has 0 fully saturated rings. The summed E-state index contributed by atoms with van der Waals surface area (Å²) in [4.78, 5) is 24.6. The zero-order chi connectivity index (χ0) is 48.6. The number of rotatable bonds is 58. The number of unbranched alkanes of at least 4 members (excludes halogenated alkanes) is 47. The molecule has 0 aromatic rings. The second-order valence-electron chi connectivity index (χ2n) is 21.4. The molecular formula is C61H121NO5. The third-order valence-corrected chi connectivity index (χ3v) is 14.7. The Bertz CT molecular complexity index is 959. The van der Waals surface area contributed by atoms with E-state index in [4.69, 9.17) is 4.74 Å². The van der Waals surface area contributed by atoms with Gasteiger partial charge in [0.15, 0.2) is 0 Å². The molecule has 6 nitrogen and oxygen atoms in total. The van der Waals surface area contributed by atoms with E-state index >= 15 is 0 Å². The molecule has 400 valence electrons. The van der Waals surface area contributed by atoms with Gasteiger partial charge in [-0.25, -0.2) is 0 Å². The van der Waals surface area contributed by atoms with E-state index in [1.807, 2.05) is 0 Å². The first-order chi connectivity index (χ1) is 33.0. The number of hydrogen-bond donors (Lipinski definition) is 3. The number of nitrogens with one attached hydrogen (secondary N) is 1. The minimum absolute atomic E-state index is 0.00757. The molecule has 0 aliphatic rings. The van der Waals surface area contributed by atoms with Crippen molar-refractivity contribution < 1.29 is 24.5 Å². The predicted octanol–water partition coefficient (Wildman–Crippen LogP) is 19.1. The van der Waals surface area contributed by atoms with E-state index in [-0.39, 0.29) is 18.5 Å². The van der Waals surface area contributed by atoms with Gasteiger partial charge < -0.3 is 20.3 Å². The van der Waals surface area contributed by atoms with E-state index in [9.17, 15) is 19.8 Å². The molecule has 2 unspecified atom stereocenters. The number of hydrogen-bond acceptors (Lipinski definition) is 5. The summed E-state index contributed by atoms with van der Waals surface area (Å²) in [6.45, 7) is 4.95. The SMILES string of the molecule is CCCCCCCCCCCCCCCCCCCCCCCC(O)C(CO)NC(=O)CCCCCCCCCCCCCOC(=O)CCCCCCCCCCCCCCCCCCCC. The van der Waals surface area contributed by atoms with Crippen molar-refractivity contribution in [3.05, 3.63) is 0 Å². The van der Waals surface area contributed by atoms with Gasteiger partial charge in [0.1, 0.15) is 0 Å². The Labute approximate surface area is 419 Å². The lowest BCUT2D eigenvalue weighted by Gasteiger charge is -2.22. The summed E-state index contributed by atoms with van der Waals surface area (Å²) in [7, 11) is 0. The molecule has 0 rings (SSSR count). The van der Waals surface area contributed by atoms with Gasteiger partial charge >= 0.3 is 5.97 Å². The van der Waals surface area contributed by atoms with Crippen molar-refractivity contribution in [1.82, 2.24) is 5.32 Å². The van der Waals surface area contributed by atoms with Crippen LogP contribution in [0.5, 0.6) is 0 Å². The smallest absolute Gasteiger partial charge is 0.305 e. The zero-order valence-corrected chi connectivity index (χ0v) is 45.7. The molecule has 67 heavy (non-hydrogen) atoms. The number of carbonyl (C=O) groups excluding carboxylic acids is 2. The predicted molar refractivity (Wildman–Crippen MR) is 292 cm³/mol. The van der Waals surface area contributed by atoms with Crippen molar-refractivity contribution in [1.29, 1.82) is 0 Å². The Hall–Kier alpha value is -1.14. The van der Waals surface area contributed by atoms with Gasteiger partial charge in [-0.2, -0.15) is 0 Å². The highest BCUT2D eigenvalue weighted by Gasteiger charge is 2.20. The average molecular weight is 949 g/mol. The van der Waals surface area contributed by atoms with Crippen molar-refractivity contribution in [2.45, 2.75) is 366 Å². The summed E-state index contributed by atoms with van der Waals surface area (Å²) in [5, 5.41) is 23.3. The maximum absolute atomic E-state index is 12.5. The van der Waals surface area contributed by atoms with Gasteiger partial charge in [-0.1, -0.05) is 316 Å². The molecule has 0 bridgehead atoms. The van der Waals surface area contributed by atoms with Gasteiger partial charge in [-0.3, -0.25) is 9.59 Å². The van der Waals surface area contributed by atoms with Gasteiger partial charge in [0, 0.05) is 12.8 Å². The molecule has 0 heterocycles. The van der Waals surface area contributed by atoms with E-state index < -0.39 is 12.1 Å². The Balaban J connectivity index is 3.42. The van der Waals surface area contributed by atoms with Crippen molar-refractivity contribution in [3.63, 3.8) is 0 Å². The van der Waals surface area contributed by atoms with Crippen molar-refractivity contribution in [3.8, 4) is 0 Å². The summed E-state index contributed by atoms with van der Waals surface area (Å²) in [5.74, 6) is -0.0563. The number of ether oxygens (including phenoxy) is 1. The van der Waals surface area contributed by atoms with Crippen LogP contribution in [-0.4, -0.2) is 47.4 Å². The van der Waals surface area contributed by atoms with E-state index in [2.05, 4.69) is 19.2 Å². The number of aliphatic hydroxyl groups excluding tert-OH is 2. The molecule has 1 amide bonds. The number of esters is 1. The Morgan fingerprint density at radius 1 is 0.358 bits per heavy atom. The standard InChI is InChI=1S/C61H121NO5/c1-3-5-7-9-11-13-15-17-19-21-23-24-25-26-28-30-33-37-41-45-49-53-59(64)58(57-63)62-60(65)54-50-46-42-38-34-32-36-40-44-48-52-56-67-61(66)55-51-47-43-39-35-31-29-27-22-20-18-16-14-12-10-8-6-4-2/h58-59,63-64H,3-57H2,1-2H3,(H,62,65). The molecule has 0 aliphatic heterocycles. The summed E-state index contributed by atoms with van der Waals surface area (Å²) in [6.07, 6.45) is 66.7. The van der Waals surface area contributed by atoms with Crippen molar-refractivity contribution in [2.75, 3.05) is 13.2 Å². The molecule has 0 aromatic heterocycles. The van der Waals surface area contributed by atoms with Gasteiger partial charge in [0.05, 0.1) is 25.4 Å².